The van der Waals surface area contributed by atoms with E-state index in [1.54, 1.807) is 6.07 Å². The topological polar surface area (TPSA) is 31.4 Å². The van der Waals surface area contributed by atoms with E-state index in [1.807, 2.05) is 0 Å². The van der Waals surface area contributed by atoms with Gasteiger partial charge < -0.3 is 9.47 Å². The van der Waals surface area contributed by atoms with Crippen LogP contribution < -0.4 is 9.47 Å². The molecular weight excluding hydrogens is 367 g/mol. The van der Waals surface area contributed by atoms with E-state index in [4.69, 9.17) is 21.1 Å². The van der Waals surface area contributed by atoms with Crippen LogP contribution in [-0.2, 0) is 0 Å². The van der Waals surface area contributed by atoms with Crippen LogP contribution in [0.5, 0.6) is 11.5 Å². The molecule has 7 heteroatoms. The molecule has 140 valence electrons. The lowest BCUT2D eigenvalue weighted by atomic mass is 9.94. The van der Waals surface area contributed by atoms with Crippen LogP contribution >= 0.6 is 11.6 Å². The van der Waals surface area contributed by atoms with E-state index in [9.17, 15) is 13.2 Å². The molecule has 0 fully saturated rings. The van der Waals surface area contributed by atoms with Gasteiger partial charge in [-0.05, 0) is 36.5 Å². The average molecular weight is 386 g/mol. The summed E-state index contributed by atoms with van der Waals surface area (Å²) in [5, 5.41) is 0.338. The van der Waals surface area contributed by atoms with Crippen molar-refractivity contribution < 1.29 is 22.6 Å². The monoisotopic (exact) mass is 385 g/mol. The summed E-state index contributed by atoms with van der Waals surface area (Å²) in [6.07, 6.45) is -2.14. The number of hydrogen-bond donors (Lipinski definition) is 0. The van der Waals surface area contributed by atoms with Crippen LogP contribution in [0.2, 0.25) is 5.02 Å². The van der Waals surface area contributed by atoms with Crippen molar-refractivity contribution >= 4 is 11.6 Å². The zero-order valence-corrected chi connectivity index (χ0v) is 15.2. The lowest BCUT2D eigenvalue weighted by Crippen LogP contribution is -2.29. The number of pyridine rings is 1. The Labute approximate surface area is 155 Å². The molecule has 1 aromatic carbocycles. The Hall–Kier alpha value is -1.95. The van der Waals surface area contributed by atoms with Gasteiger partial charge in [0.2, 0.25) is 6.10 Å². The van der Waals surface area contributed by atoms with Crippen LogP contribution in [0.4, 0.5) is 13.2 Å². The fourth-order valence-corrected chi connectivity index (χ4v) is 3.14. The van der Waals surface area contributed by atoms with Crippen molar-refractivity contribution in [1.82, 2.24) is 4.98 Å². The van der Waals surface area contributed by atoms with Crippen molar-refractivity contribution in [2.75, 3.05) is 6.61 Å². The summed E-state index contributed by atoms with van der Waals surface area (Å²) in [6.45, 7) is 4.67. The third-order valence-electron chi connectivity index (χ3n) is 4.18. The first-order valence-corrected chi connectivity index (χ1v) is 8.79. The van der Waals surface area contributed by atoms with Gasteiger partial charge in [0, 0.05) is 29.6 Å². The molecule has 0 N–H and O–H groups in total. The number of aromatic nitrogens is 1. The highest BCUT2D eigenvalue weighted by atomic mass is 35.5. The maximum absolute atomic E-state index is 13.4. The van der Waals surface area contributed by atoms with Crippen molar-refractivity contribution in [2.45, 2.75) is 39.0 Å². The van der Waals surface area contributed by atoms with Crippen molar-refractivity contribution in [2.24, 2.45) is 5.92 Å². The number of nitrogens with zero attached hydrogens (tertiary/aromatic N) is 1. The first-order chi connectivity index (χ1) is 12.3. The van der Waals surface area contributed by atoms with Crippen molar-refractivity contribution in [1.29, 1.82) is 0 Å². The smallest absolute Gasteiger partial charge is 0.429 e. The van der Waals surface area contributed by atoms with E-state index in [0.29, 0.717) is 34.4 Å². The van der Waals surface area contributed by atoms with Gasteiger partial charge in [-0.25, -0.2) is 0 Å². The fraction of sp³-hybridized carbons (Fsp3) is 0.421. The first kappa shape index (κ1) is 18.8. The summed E-state index contributed by atoms with van der Waals surface area (Å²) in [5.74, 6) is 0.987. The minimum atomic E-state index is -4.55. The third-order valence-corrected chi connectivity index (χ3v) is 4.48. The summed E-state index contributed by atoms with van der Waals surface area (Å²) in [5.41, 5.74) is 0.897. The average Bonchev–Trinajstić information content (AvgIpc) is 2.57. The molecule has 0 aliphatic carbocycles. The fourth-order valence-electron chi connectivity index (χ4n) is 2.92. The van der Waals surface area contributed by atoms with Crippen LogP contribution in [0.1, 0.15) is 38.4 Å². The molecule has 1 aliphatic heterocycles. The van der Waals surface area contributed by atoms with Crippen LogP contribution in [-0.4, -0.2) is 17.8 Å². The van der Waals surface area contributed by atoms with Gasteiger partial charge in [0.25, 0.3) is 0 Å². The molecule has 1 aliphatic rings. The molecule has 0 saturated carbocycles. The Bertz CT molecular complexity index is 793. The van der Waals surface area contributed by atoms with E-state index in [1.165, 1.54) is 24.5 Å². The summed E-state index contributed by atoms with van der Waals surface area (Å²) in [7, 11) is 0. The summed E-state index contributed by atoms with van der Waals surface area (Å²) in [4.78, 5) is 3.80. The van der Waals surface area contributed by atoms with Crippen molar-refractivity contribution in [3.05, 3.63) is 41.2 Å². The molecule has 0 spiro atoms. The largest absolute Gasteiger partial charge is 0.492 e. The van der Waals surface area contributed by atoms with Gasteiger partial charge in [-0.1, -0.05) is 25.4 Å². The highest BCUT2D eigenvalue weighted by Crippen LogP contribution is 2.50. The van der Waals surface area contributed by atoms with Gasteiger partial charge in [-0.15, -0.1) is 0 Å². The molecule has 0 radical (unpaired) electrons. The summed E-state index contributed by atoms with van der Waals surface area (Å²) in [6, 6.07) is 4.56. The van der Waals surface area contributed by atoms with Crippen LogP contribution in [0.3, 0.4) is 0 Å². The molecule has 0 unspecified atom stereocenters. The van der Waals surface area contributed by atoms with Gasteiger partial charge in [0.1, 0.15) is 11.5 Å². The lowest BCUT2D eigenvalue weighted by Gasteiger charge is -2.30. The lowest BCUT2D eigenvalue weighted by molar-refractivity contribution is -0.198. The second kappa shape index (κ2) is 7.35. The molecule has 3 rings (SSSR count). The second-order valence-corrected chi connectivity index (χ2v) is 7.07. The van der Waals surface area contributed by atoms with Gasteiger partial charge in [-0.2, -0.15) is 13.2 Å². The maximum atomic E-state index is 13.4. The van der Waals surface area contributed by atoms with Crippen LogP contribution in [0.25, 0.3) is 11.1 Å². The summed E-state index contributed by atoms with van der Waals surface area (Å²) < 4.78 is 51.1. The number of halogens is 4. The molecule has 1 atom stereocenters. The first-order valence-electron chi connectivity index (χ1n) is 8.41. The van der Waals surface area contributed by atoms with E-state index >= 15 is 0 Å². The van der Waals surface area contributed by atoms with E-state index in [2.05, 4.69) is 18.8 Å². The number of alkyl halides is 3. The molecule has 26 heavy (non-hydrogen) atoms. The third kappa shape index (κ3) is 3.90. The quantitative estimate of drug-likeness (QED) is 0.573. The van der Waals surface area contributed by atoms with Crippen molar-refractivity contribution in [3.63, 3.8) is 0 Å². The minimum Gasteiger partial charge on any atom is -0.492 e. The van der Waals surface area contributed by atoms with Crippen molar-refractivity contribution in [3.8, 4) is 22.6 Å². The Morgan fingerprint density at radius 2 is 2.04 bits per heavy atom. The molecule has 3 nitrogen and oxygen atoms in total. The number of fused-ring (bicyclic) bond motifs is 3. The Morgan fingerprint density at radius 3 is 2.73 bits per heavy atom. The molecular formula is C19H19ClF3NO2. The number of rotatable bonds is 5. The zero-order valence-electron chi connectivity index (χ0n) is 14.4. The molecule has 0 saturated heterocycles. The van der Waals surface area contributed by atoms with Crippen LogP contribution in [0.15, 0.2) is 30.6 Å². The molecule has 1 aromatic heterocycles. The normalized spacial score (nSPS) is 16.0. The Kier molecular flexibility index (Phi) is 5.32. The molecule has 0 bridgehead atoms. The molecule has 2 aromatic rings. The second-order valence-electron chi connectivity index (χ2n) is 6.67. The van der Waals surface area contributed by atoms with E-state index < -0.39 is 12.3 Å². The maximum Gasteiger partial charge on any atom is 0.429 e. The van der Waals surface area contributed by atoms with E-state index in [0.717, 1.165) is 12.8 Å². The Morgan fingerprint density at radius 1 is 1.27 bits per heavy atom. The summed E-state index contributed by atoms with van der Waals surface area (Å²) >= 11 is 6.28. The zero-order chi connectivity index (χ0) is 18.9. The van der Waals surface area contributed by atoms with Crippen LogP contribution in [0, 0.1) is 5.92 Å². The molecule has 2 heterocycles. The Balaban J connectivity index is 1.92. The van der Waals surface area contributed by atoms with Gasteiger partial charge in [0.15, 0.2) is 0 Å². The van der Waals surface area contributed by atoms with Gasteiger partial charge >= 0.3 is 6.18 Å². The predicted molar refractivity (Wildman–Crippen MR) is 93.7 cm³/mol. The van der Waals surface area contributed by atoms with Gasteiger partial charge in [0.05, 0.1) is 11.6 Å². The highest BCUT2D eigenvalue weighted by molar-refractivity contribution is 6.32. The number of benzene rings is 1. The predicted octanol–water partition coefficient (Wildman–Crippen LogP) is 6.21. The van der Waals surface area contributed by atoms with E-state index in [-0.39, 0.29) is 11.3 Å². The highest BCUT2D eigenvalue weighted by Gasteiger charge is 2.46. The standard InChI is InChI=1S/C19H19ClF3NO2/c1-11(2)4-3-7-25-17-9-16-13(8-15(17)20)12-5-6-24-10-14(12)18(26-16)19(21,22)23/h5-6,8-11,18H,3-4,7H2,1-2H3/t18-/m1/s1. The van der Waals surface area contributed by atoms with Gasteiger partial charge in [-0.3, -0.25) is 4.98 Å². The SMILES string of the molecule is CC(C)CCCOc1cc2c(cc1Cl)-c1ccncc1[C@H](C(F)(F)F)O2. The number of ether oxygens (including phenoxy) is 2. The number of hydrogen-bond acceptors (Lipinski definition) is 3. The molecule has 0 amide bonds. The minimum absolute atomic E-state index is 0.0193.